The van der Waals surface area contributed by atoms with E-state index in [1.807, 2.05) is 24.3 Å². The minimum atomic E-state index is -0.413. The summed E-state index contributed by atoms with van der Waals surface area (Å²) < 4.78 is 4.98. The third-order valence-corrected chi connectivity index (χ3v) is 4.93. The molecule has 1 N–H and O–H groups in total. The van der Waals surface area contributed by atoms with Gasteiger partial charge in [0.15, 0.2) is 0 Å². The van der Waals surface area contributed by atoms with E-state index in [0.717, 1.165) is 29.5 Å². The van der Waals surface area contributed by atoms with Crippen LogP contribution in [0.1, 0.15) is 72.3 Å². The van der Waals surface area contributed by atoms with Gasteiger partial charge in [-0.05, 0) is 72.7 Å². The second-order valence-electron chi connectivity index (χ2n) is 7.29. The molecule has 26 heavy (non-hydrogen) atoms. The lowest BCUT2D eigenvalue weighted by molar-refractivity contribution is 0.0526. The van der Waals surface area contributed by atoms with Crippen LogP contribution < -0.4 is 0 Å². The highest BCUT2D eigenvalue weighted by atomic mass is 16.5. The Hall–Kier alpha value is -2.57. The van der Waals surface area contributed by atoms with E-state index in [1.54, 1.807) is 19.1 Å². The van der Waals surface area contributed by atoms with Crippen LogP contribution in [-0.2, 0) is 10.2 Å². The first-order chi connectivity index (χ1) is 12.4. The van der Waals surface area contributed by atoms with Crippen LogP contribution in [0.4, 0.5) is 0 Å². The monoisotopic (exact) mass is 348 g/mol. The van der Waals surface area contributed by atoms with Crippen LogP contribution in [0.25, 0.3) is 0 Å². The molecule has 0 radical (unpaired) electrons. The highest BCUT2D eigenvalue weighted by Crippen LogP contribution is 2.41. The van der Waals surface area contributed by atoms with Gasteiger partial charge >= 0.3 is 5.97 Å². The Bertz CT molecular complexity index is 867. The van der Waals surface area contributed by atoms with Gasteiger partial charge in [-0.1, -0.05) is 31.8 Å². The van der Waals surface area contributed by atoms with Gasteiger partial charge < -0.3 is 9.84 Å². The van der Waals surface area contributed by atoms with E-state index in [1.165, 1.54) is 5.56 Å². The van der Waals surface area contributed by atoms with Crippen molar-refractivity contribution in [1.29, 1.82) is 0 Å². The molecule has 134 valence electrons. The summed E-state index contributed by atoms with van der Waals surface area (Å²) >= 11 is 0. The van der Waals surface area contributed by atoms with Gasteiger partial charge in [0, 0.05) is 11.1 Å². The van der Waals surface area contributed by atoms with E-state index in [9.17, 15) is 9.90 Å². The van der Waals surface area contributed by atoms with E-state index >= 15 is 0 Å². The third-order valence-electron chi connectivity index (χ3n) is 4.93. The highest BCUT2D eigenvalue weighted by molar-refractivity contribution is 5.89. The molecule has 2 aromatic carbocycles. The molecule has 0 saturated heterocycles. The van der Waals surface area contributed by atoms with Crippen molar-refractivity contribution < 1.29 is 14.6 Å². The number of carbonyl (C=O) groups excluding carboxylic acids is 1. The number of hydrogen-bond donors (Lipinski definition) is 1. The number of ether oxygens (including phenoxy) is 1. The summed E-state index contributed by atoms with van der Waals surface area (Å²) in [6.45, 7) is 6.58. The highest BCUT2D eigenvalue weighted by Gasteiger charge is 2.31. The fourth-order valence-electron chi connectivity index (χ4n) is 3.37. The SMILES string of the molecule is CCOC(=O)c1ccc(C#Cc2ccc3c(c2)[C@H](O)CCC3(C)C)cc1. The molecule has 0 fully saturated rings. The average Bonchev–Trinajstić information content (AvgIpc) is 2.64. The van der Waals surface area contributed by atoms with E-state index in [4.69, 9.17) is 4.74 Å². The Morgan fingerprint density at radius 3 is 2.50 bits per heavy atom. The molecule has 1 aliphatic carbocycles. The topological polar surface area (TPSA) is 46.5 Å². The standard InChI is InChI=1S/C23H24O3/c1-4-26-22(25)18-10-7-16(8-11-18)5-6-17-9-12-20-19(15-17)21(24)13-14-23(20,2)3/h7-12,15,21,24H,4,13-14H2,1-3H3/t21-/m1/s1. The number of fused-ring (bicyclic) bond motifs is 1. The summed E-state index contributed by atoms with van der Waals surface area (Å²) in [5.74, 6) is 5.95. The predicted octanol–water partition coefficient (Wildman–Crippen LogP) is 4.37. The lowest BCUT2D eigenvalue weighted by Crippen LogP contribution is -2.26. The molecule has 0 saturated carbocycles. The van der Waals surface area contributed by atoms with E-state index in [-0.39, 0.29) is 11.4 Å². The van der Waals surface area contributed by atoms with E-state index in [0.29, 0.717) is 12.2 Å². The van der Waals surface area contributed by atoms with Crippen LogP contribution >= 0.6 is 0 Å². The maximum atomic E-state index is 11.7. The van der Waals surface area contributed by atoms with E-state index in [2.05, 4.69) is 31.8 Å². The van der Waals surface area contributed by atoms with Gasteiger partial charge in [0.05, 0.1) is 18.3 Å². The fraction of sp³-hybridized carbons (Fsp3) is 0.348. The molecule has 0 aliphatic heterocycles. The number of benzene rings is 2. The Labute approximate surface area is 155 Å². The molecule has 3 nitrogen and oxygen atoms in total. The second kappa shape index (κ2) is 7.35. The Morgan fingerprint density at radius 1 is 1.15 bits per heavy atom. The number of rotatable bonds is 2. The molecule has 0 amide bonds. The van der Waals surface area contributed by atoms with Crippen LogP contribution in [0, 0.1) is 11.8 Å². The normalized spacial score (nSPS) is 17.6. The van der Waals surface area contributed by atoms with Gasteiger partial charge in [-0.15, -0.1) is 0 Å². The quantitative estimate of drug-likeness (QED) is 0.648. The minimum Gasteiger partial charge on any atom is -0.462 e. The van der Waals surface area contributed by atoms with Gasteiger partial charge in [-0.3, -0.25) is 0 Å². The molecule has 0 spiro atoms. The van der Waals surface area contributed by atoms with Gasteiger partial charge in [-0.25, -0.2) is 4.79 Å². The van der Waals surface area contributed by atoms with E-state index < -0.39 is 6.10 Å². The molecular weight excluding hydrogens is 324 g/mol. The molecule has 0 bridgehead atoms. The molecule has 3 heteroatoms. The van der Waals surface area contributed by atoms with Crippen LogP contribution in [0.2, 0.25) is 0 Å². The summed E-state index contributed by atoms with van der Waals surface area (Å²) in [5.41, 5.74) is 4.53. The fourth-order valence-corrected chi connectivity index (χ4v) is 3.37. The van der Waals surface area contributed by atoms with Gasteiger partial charge in [0.25, 0.3) is 0 Å². The van der Waals surface area contributed by atoms with Gasteiger partial charge in [0.2, 0.25) is 0 Å². The molecule has 3 rings (SSSR count). The van der Waals surface area contributed by atoms with Crippen molar-refractivity contribution in [1.82, 2.24) is 0 Å². The summed E-state index contributed by atoms with van der Waals surface area (Å²) in [6, 6.07) is 13.2. The third kappa shape index (κ3) is 3.81. The lowest BCUT2D eigenvalue weighted by Gasteiger charge is -2.35. The summed E-state index contributed by atoms with van der Waals surface area (Å²) in [4.78, 5) is 11.7. The summed E-state index contributed by atoms with van der Waals surface area (Å²) in [5, 5.41) is 10.3. The van der Waals surface area contributed by atoms with Crippen molar-refractivity contribution in [3.8, 4) is 11.8 Å². The molecule has 2 aromatic rings. The Kier molecular flexibility index (Phi) is 5.15. The van der Waals surface area contributed by atoms with Crippen LogP contribution in [-0.4, -0.2) is 17.7 Å². The van der Waals surface area contributed by atoms with Crippen LogP contribution in [0.3, 0.4) is 0 Å². The Balaban J connectivity index is 1.83. The lowest BCUT2D eigenvalue weighted by atomic mass is 9.71. The maximum Gasteiger partial charge on any atom is 0.338 e. The smallest absolute Gasteiger partial charge is 0.338 e. The van der Waals surface area contributed by atoms with Crippen LogP contribution in [0.5, 0.6) is 0 Å². The molecule has 0 aromatic heterocycles. The molecule has 1 atom stereocenters. The van der Waals surface area contributed by atoms with Crippen molar-refractivity contribution in [3.63, 3.8) is 0 Å². The van der Waals surface area contributed by atoms with Crippen molar-refractivity contribution in [2.45, 2.75) is 45.1 Å². The predicted molar refractivity (Wildman–Crippen MR) is 102 cm³/mol. The van der Waals surface area contributed by atoms with Gasteiger partial charge in [0.1, 0.15) is 0 Å². The first kappa shape index (κ1) is 18.2. The maximum absolute atomic E-state index is 11.7. The second-order valence-corrected chi connectivity index (χ2v) is 7.29. The average molecular weight is 348 g/mol. The zero-order chi connectivity index (χ0) is 18.7. The number of aliphatic hydroxyl groups excluding tert-OH is 1. The zero-order valence-corrected chi connectivity index (χ0v) is 15.5. The first-order valence-corrected chi connectivity index (χ1v) is 9.02. The number of hydrogen-bond acceptors (Lipinski definition) is 3. The van der Waals surface area contributed by atoms with Crippen molar-refractivity contribution in [3.05, 3.63) is 70.3 Å². The summed E-state index contributed by atoms with van der Waals surface area (Å²) in [7, 11) is 0. The molecule has 1 aliphatic rings. The molecule has 0 heterocycles. The largest absolute Gasteiger partial charge is 0.462 e. The number of esters is 1. The summed E-state index contributed by atoms with van der Waals surface area (Å²) in [6.07, 6.45) is 1.36. The molecular formula is C23H24O3. The van der Waals surface area contributed by atoms with Crippen molar-refractivity contribution in [2.75, 3.05) is 6.61 Å². The molecule has 0 unspecified atom stereocenters. The van der Waals surface area contributed by atoms with Gasteiger partial charge in [-0.2, -0.15) is 0 Å². The zero-order valence-electron chi connectivity index (χ0n) is 15.5. The number of carbonyl (C=O) groups is 1. The minimum absolute atomic E-state index is 0.0868. The van der Waals surface area contributed by atoms with Crippen molar-refractivity contribution >= 4 is 5.97 Å². The first-order valence-electron chi connectivity index (χ1n) is 9.02. The number of aliphatic hydroxyl groups is 1. The Morgan fingerprint density at radius 2 is 1.81 bits per heavy atom. The van der Waals surface area contributed by atoms with Crippen molar-refractivity contribution in [2.24, 2.45) is 0 Å². The van der Waals surface area contributed by atoms with Crippen LogP contribution in [0.15, 0.2) is 42.5 Å².